The van der Waals surface area contributed by atoms with Crippen molar-refractivity contribution in [1.29, 1.82) is 0 Å². The number of aryl methyl sites for hydroxylation is 1. The van der Waals surface area contributed by atoms with E-state index in [1.54, 1.807) is 32.7 Å². The average molecular weight is 381 g/mol. The van der Waals surface area contributed by atoms with Crippen molar-refractivity contribution >= 4 is 17.4 Å². The molecule has 0 spiro atoms. The lowest BCUT2D eigenvalue weighted by molar-refractivity contribution is -0.116. The Morgan fingerprint density at radius 3 is 2.64 bits per heavy atom. The van der Waals surface area contributed by atoms with Crippen LogP contribution in [0.4, 0.5) is 11.5 Å². The summed E-state index contributed by atoms with van der Waals surface area (Å²) in [7, 11) is 3.18. The molecule has 0 fully saturated rings. The first-order valence-corrected chi connectivity index (χ1v) is 8.91. The Kier molecular flexibility index (Phi) is 6.51. The van der Waals surface area contributed by atoms with Gasteiger partial charge in [-0.25, -0.2) is 4.98 Å². The molecule has 0 saturated heterocycles. The van der Waals surface area contributed by atoms with E-state index in [9.17, 15) is 4.79 Å². The third-order valence-electron chi connectivity index (χ3n) is 4.17. The van der Waals surface area contributed by atoms with Gasteiger partial charge in [-0.15, -0.1) is 0 Å². The smallest absolute Gasteiger partial charge is 0.225 e. The van der Waals surface area contributed by atoms with Gasteiger partial charge in [0.25, 0.3) is 0 Å². The number of anilines is 2. The van der Waals surface area contributed by atoms with Crippen LogP contribution >= 0.6 is 0 Å². The molecule has 2 aromatic heterocycles. The minimum Gasteiger partial charge on any atom is -0.493 e. The van der Waals surface area contributed by atoms with Crippen molar-refractivity contribution in [1.82, 2.24) is 4.98 Å². The minimum absolute atomic E-state index is 0.0985. The number of rotatable bonds is 9. The number of ether oxygens (including phenoxy) is 2. The van der Waals surface area contributed by atoms with Crippen molar-refractivity contribution in [2.45, 2.75) is 19.4 Å². The molecule has 1 amide bonds. The van der Waals surface area contributed by atoms with Crippen LogP contribution in [0.1, 0.15) is 17.7 Å². The summed E-state index contributed by atoms with van der Waals surface area (Å²) >= 11 is 0. The second-order valence-corrected chi connectivity index (χ2v) is 6.10. The number of pyridine rings is 1. The lowest BCUT2D eigenvalue weighted by atomic mass is 10.1. The number of methoxy groups -OCH3 is 2. The summed E-state index contributed by atoms with van der Waals surface area (Å²) in [6.07, 6.45) is 4.24. The molecule has 0 saturated carbocycles. The van der Waals surface area contributed by atoms with Gasteiger partial charge in [-0.05, 0) is 48.4 Å². The van der Waals surface area contributed by atoms with Gasteiger partial charge in [-0.3, -0.25) is 4.79 Å². The van der Waals surface area contributed by atoms with Crippen LogP contribution < -0.4 is 20.1 Å². The topological polar surface area (TPSA) is 85.6 Å². The first-order chi connectivity index (χ1) is 13.7. The number of amides is 1. The number of nitrogens with one attached hydrogen (secondary N) is 2. The summed E-state index contributed by atoms with van der Waals surface area (Å²) in [6, 6.07) is 13.0. The Morgan fingerprint density at radius 1 is 1.11 bits per heavy atom. The van der Waals surface area contributed by atoms with E-state index in [2.05, 4.69) is 15.6 Å². The normalized spacial score (nSPS) is 10.4. The van der Waals surface area contributed by atoms with E-state index in [1.165, 1.54) is 0 Å². The summed E-state index contributed by atoms with van der Waals surface area (Å²) < 4.78 is 15.8. The highest BCUT2D eigenvalue weighted by Crippen LogP contribution is 2.28. The van der Waals surface area contributed by atoms with Crippen LogP contribution in [0.3, 0.4) is 0 Å². The summed E-state index contributed by atoms with van der Waals surface area (Å²) in [5, 5.41) is 6.01. The monoisotopic (exact) mass is 381 g/mol. The summed E-state index contributed by atoms with van der Waals surface area (Å²) in [5.41, 5.74) is 1.85. The van der Waals surface area contributed by atoms with Gasteiger partial charge in [-0.2, -0.15) is 0 Å². The number of carbonyl (C=O) groups is 1. The first kappa shape index (κ1) is 19.3. The van der Waals surface area contributed by atoms with Crippen molar-refractivity contribution in [3.05, 3.63) is 66.2 Å². The third-order valence-corrected chi connectivity index (χ3v) is 4.17. The van der Waals surface area contributed by atoms with Gasteiger partial charge in [0.15, 0.2) is 11.5 Å². The zero-order valence-corrected chi connectivity index (χ0v) is 15.9. The number of furan rings is 1. The van der Waals surface area contributed by atoms with Crippen LogP contribution in [0.5, 0.6) is 11.5 Å². The standard InChI is InChI=1S/C21H23N3O4/c1-26-18-8-5-15(12-19(18)27-2)6-10-21(25)24-20-9-7-16(13-23-20)22-14-17-4-3-11-28-17/h3-5,7-9,11-13,22H,6,10,14H2,1-2H3,(H,23,24,25). The maximum atomic E-state index is 12.2. The highest BCUT2D eigenvalue weighted by Gasteiger charge is 2.08. The van der Waals surface area contributed by atoms with E-state index in [-0.39, 0.29) is 5.91 Å². The zero-order valence-electron chi connectivity index (χ0n) is 15.9. The van der Waals surface area contributed by atoms with E-state index >= 15 is 0 Å². The van der Waals surface area contributed by atoms with Gasteiger partial charge in [0.1, 0.15) is 11.6 Å². The van der Waals surface area contributed by atoms with Gasteiger partial charge in [0, 0.05) is 6.42 Å². The molecule has 1 aromatic carbocycles. The largest absolute Gasteiger partial charge is 0.493 e. The molecule has 7 heteroatoms. The molecule has 0 aliphatic carbocycles. The van der Waals surface area contributed by atoms with Crippen LogP contribution in [0.2, 0.25) is 0 Å². The van der Waals surface area contributed by atoms with Gasteiger partial charge >= 0.3 is 0 Å². The molecule has 0 radical (unpaired) electrons. The molecule has 28 heavy (non-hydrogen) atoms. The van der Waals surface area contributed by atoms with Crippen molar-refractivity contribution < 1.29 is 18.7 Å². The van der Waals surface area contributed by atoms with E-state index in [4.69, 9.17) is 13.9 Å². The van der Waals surface area contributed by atoms with Crippen LogP contribution in [-0.4, -0.2) is 25.1 Å². The Labute approximate surface area is 163 Å². The molecule has 2 heterocycles. The van der Waals surface area contributed by atoms with Crippen LogP contribution in [0.15, 0.2) is 59.3 Å². The molecular weight excluding hydrogens is 358 g/mol. The maximum Gasteiger partial charge on any atom is 0.225 e. The predicted octanol–water partition coefficient (Wildman–Crippen LogP) is 3.88. The Bertz CT molecular complexity index is 893. The van der Waals surface area contributed by atoms with Crippen LogP contribution in [0, 0.1) is 0 Å². The van der Waals surface area contributed by atoms with Crippen LogP contribution in [-0.2, 0) is 17.8 Å². The van der Waals surface area contributed by atoms with E-state index in [0.717, 1.165) is 17.0 Å². The quantitative estimate of drug-likeness (QED) is 0.585. The van der Waals surface area contributed by atoms with Crippen molar-refractivity contribution in [2.24, 2.45) is 0 Å². The molecule has 0 aliphatic rings. The summed E-state index contributed by atoms with van der Waals surface area (Å²) in [6.45, 7) is 0.575. The van der Waals surface area contributed by atoms with Gasteiger partial charge in [0.2, 0.25) is 5.91 Å². The minimum atomic E-state index is -0.0985. The third kappa shape index (κ3) is 5.26. The number of carbonyl (C=O) groups excluding carboxylic acids is 1. The highest BCUT2D eigenvalue weighted by atomic mass is 16.5. The molecule has 0 unspecified atom stereocenters. The maximum absolute atomic E-state index is 12.2. The molecule has 146 valence electrons. The fraction of sp³-hybridized carbons (Fsp3) is 0.238. The molecular formula is C21H23N3O4. The van der Waals surface area contributed by atoms with Crippen molar-refractivity contribution in [3.63, 3.8) is 0 Å². The number of benzene rings is 1. The Balaban J connectivity index is 1.48. The molecule has 0 bridgehead atoms. The fourth-order valence-electron chi connectivity index (χ4n) is 2.67. The van der Waals surface area contributed by atoms with Gasteiger partial charge < -0.3 is 24.5 Å². The van der Waals surface area contributed by atoms with Gasteiger partial charge in [-0.1, -0.05) is 6.07 Å². The van der Waals surface area contributed by atoms with Gasteiger partial charge in [0.05, 0.1) is 38.9 Å². The molecule has 7 nitrogen and oxygen atoms in total. The second-order valence-electron chi connectivity index (χ2n) is 6.10. The SMILES string of the molecule is COc1ccc(CCC(=O)Nc2ccc(NCc3ccco3)cn2)cc1OC. The number of nitrogens with zero attached hydrogens (tertiary/aromatic N) is 1. The van der Waals surface area contributed by atoms with Crippen molar-refractivity contribution in [3.8, 4) is 11.5 Å². The Hall–Kier alpha value is -3.48. The van der Waals surface area contributed by atoms with E-state index < -0.39 is 0 Å². The van der Waals surface area contributed by atoms with E-state index in [0.29, 0.717) is 36.7 Å². The number of aromatic nitrogens is 1. The predicted molar refractivity (Wildman–Crippen MR) is 107 cm³/mol. The first-order valence-electron chi connectivity index (χ1n) is 8.91. The fourth-order valence-corrected chi connectivity index (χ4v) is 2.67. The number of hydrogen-bond acceptors (Lipinski definition) is 6. The molecule has 0 aliphatic heterocycles. The second kappa shape index (κ2) is 9.45. The Morgan fingerprint density at radius 2 is 1.96 bits per heavy atom. The lowest BCUT2D eigenvalue weighted by Crippen LogP contribution is -2.13. The number of hydrogen-bond donors (Lipinski definition) is 2. The zero-order chi connectivity index (χ0) is 19.8. The van der Waals surface area contributed by atoms with Crippen molar-refractivity contribution in [2.75, 3.05) is 24.9 Å². The summed E-state index contributed by atoms with van der Waals surface area (Å²) in [4.78, 5) is 16.5. The molecule has 3 aromatic rings. The average Bonchev–Trinajstić information content (AvgIpc) is 3.25. The highest BCUT2D eigenvalue weighted by molar-refractivity contribution is 5.89. The summed E-state index contributed by atoms with van der Waals surface area (Å²) in [5.74, 6) is 2.58. The van der Waals surface area contributed by atoms with Crippen LogP contribution in [0.25, 0.3) is 0 Å². The van der Waals surface area contributed by atoms with E-state index in [1.807, 2.05) is 36.4 Å². The molecule has 2 N–H and O–H groups in total. The molecule has 3 rings (SSSR count). The lowest BCUT2D eigenvalue weighted by Gasteiger charge is -2.10. The molecule has 0 atom stereocenters.